The van der Waals surface area contributed by atoms with Gasteiger partial charge < -0.3 is 15.4 Å². The molecule has 0 bridgehead atoms. The van der Waals surface area contributed by atoms with Crippen molar-refractivity contribution >= 4 is 23.5 Å². The Bertz CT molecular complexity index is 795. The van der Waals surface area contributed by atoms with Gasteiger partial charge in [-0.25, -0.2) is 0 Å². The molecule has 1 aliphatic rings. The number of rotatable bonds is 5. The molecule has 1 aromatic heterocycles. The molecule has 0 saturated heterocycles. The quantitative estimate of drug-likeness (QED) is 0.872. The minimum atomic E-state index is -0.133. The number of anilines is 2. The zero-order chi connectivity index (χ0) is 18.0. The summed E-state index contributed by atoms with van der Waals surface area (Å²) in [4.78, 5) is 24.1. The van der Waals surface area contributed by atoms with Gasteiger partial charge >= 0.3 is 0 Å². The van der Waals surface area contributed by atoms with E-state index in [0.717, 1.165) is 16.9 Å². The van der Waals surface area contributed by atoms with Gasteiger partial charge in [-0.1, -0.05) is 19.1 Å². The number of nitrogens with one attached hydrogen (secondary N) is 2. The Balaban J connectivity index is 1.63. The monoisotopic (exact) mass is 342 g/mol. The molecule has 25 heavy (non-hydrogen) atoms. The second-order valence-electron chi connectivity index (χ2n) is 6.29. The topological polar surface area (TPSA) is 85.2 Å². The number of nitrogens with zero attached hydrogens (tertiary/aromatic N) is 2. The third-order valence-electron chi connectivity index (χ3n) is 4.40. The van der Waals surface area contributed by atoms with Gasteiger partial charge in [0.2, 0.25) is 11.8 Å². The molecule has 0 fully saturated rings. The molecule has 0 unspecified atom stereocenters. The van der Waals surface area contributed by atoms with E-state index in [9.17, 15) is 9.59 Å². The largest absolute Gasteiger partial charge is 0.497 e. The fraction of sp³-hybridized carbons (Fsp3) is 0.389. The van der Waals surface area contributed by atoms with E-state index in [1.807, 2.05) is 31.2 Å². The summed E-state index contributed by atoms with van der Waals surface area (Å²) in [5, 5.41) is 10.0. The molecule has 2 N–H and O–H groups in total. The number of aryl methyl sites for hydroxylation is 2. The number of benzene rings is 1. The van der Waals surface area contributed by atoms with Crippen LogP contribution in [0.1, 0.15) is 24.5 Å². The number of amides is 2. The SMILES string of the molecule is COc1ccc(CCC(=O)Nc2nn(C)c3c2C[C@@H](C)C(=O)N3)cc1. The van der Waals surface area contributed by atoms with Gasteiger partial charge in [0.1, 0.15) is 11.6 Å². The minimum Gasteiger partial charge on any atom is -0.497 e. The average molecular weight is 342 g/mol. The lowest BCUT2D eigenvalue weighted by Gasteiger charge is -2.19. The molecule has 2 amide bonds. The summed E-state index contributed by atoms with van der Waals surface area (Å²) in [6, 6.07) is 7.66. The Morgan fingerprint density at radius 3 is 2.80 bits per heavy atom. The number of carbonyl (C=O) groups is 2. The first-order chi connectivity index (χ1) is 12.0. The van der Waals surface area contributed by atoms with Gasteiger partial charge in [-0.05, 0) is 30.5 Å². The van der Waals surface area contributed by atoms with E-state index >= 15 is 0 Å². The summed E-state index contributed by atoms with van der Waals surface area (Å²) in [5.74, 6) is 1.74. The maximum Gasteiger partial charge on any atom is 0.228 e. The van der Waals surface area contributed by atoms with Crippen LogP contribution in [0.5, 0.6) is 5.75 Å². The molecule has 2 heterocycles. The third-order valence-corrected chi connectivity index (χ3v) is 4.40. The third kappa shape index (κ3) is 3.65. The van der Waals surface area contributed by atoms with Crippen LogP contribution in [-0.2, 0) is 29.5 Å². The molecular formula is C18H22N4O3. The number of methoxy groups -OCH3 is 1. The summed E-state index contributed by atoms with van der Waals surface area (Å²) in [6.07, 6.45) is 1.57. The predicted octanol–water partition coefficient (Wildman–Crippen LogP) is 2.13. The molecule has 1 aromatic carbocycles. The van der Waals surface area contributed by atoms with E-state index in [0.29, 0.717) is 30.9 Å². The van der Waals surface area contributed by atoms with E-state index in [1.165, 1.54) is 0 Å². The molecule has 7 heteroatoms. The van der Waals surface area contributed by atoms with Crippen molar-refractivity contribution in [2.45, 2.75) is 26.2 Å². The summed E-state index contributed by atoms with van der Waals surface area (Å²) in [7, 11) is 3.38. The van der Waals surface area contributed by atoms with Gasteiger partial charge in [-0.3, -0.25) is 14.3 Å². The van der Waals surface area contributed by atoms with Gasteiger partial charge in [0.25, 0.3) is 0 Å². The Kier molecular flexibility index (Phi) is 4.74. The van der Waals surface area contributed by atoms with Crippen LogP contribution in [0.15, 0.2) is 24.3 Å². The highest BCUT2D eigenvalue weighted by Gasteiger charge is 2.29. The first-order valence-electron chi connectivity index (χ1n) is 8.27. The maximum absolute atomic E-state index is 12.3. The van der Waals surface area contributed by atoms with Gasteiger partial charge in [-0.15, -0.1) is 0 Å². The van der Waals surface area contributed by atoms with E-state index in [2.05, 4.69) is 15.7 Å². The smallest absolute Gasteiger partial charge is 0.228 e. The van der Waals surface area contributed by atoms with Crippen molar-refractivity contribution in [2.75, 3.05) is 17.7 Å². The van der Waals surface area contributed by atoms with Crippen LogP contribution in [0, 0.1) is 5.92 Å². The summed E-state index contributed by atoms with van der Waals surface area (Å²) in [5.41, 5.74) is 1.95. The maximum atomic E-state index is 12.3. The Labute approximate surface area is 146 Å². The molecule has 2 aromatic rings. The summed E-state index contributed by atoms with van der Waals surface area (Å²) < 4.78 is 6.72. The summed E-state index contributed by atoms with van der Waals surface area (Å²) >= 11 is 0. The van der Waals surface area contributed by atoms with Crippen molar-refractivity contribution in [1.82, 2.24) is 9.78 Å². The highest BCUT2D eigenvalue weighted by molar-refractivity contribution is 5.97. The lowest BCUT2D eigenvalue weighted by atomic mass is 9.98. The van der Waals surface area contributed by atoms with E-state index in [1.54, 1.807) is 18.8 Å². The fourth-order valence-corrected chi connectivity index (χ4v) is 2.90. The van der Waals surface area contributed by atoms with Gasteiger partial charge in [0.15, 0.2) is 5.82 Å². The predicted molar refractivity (Wildman–Crippen MR) is 94.7 cm³/mol. The lowest BCUT2D eigenvalue weighted by molar-refractivity contribution is -0.119. The van der Waals surface area contributed by atoms with E-state index in [-0.39, 0.29) is 17.7 Å². The molecule has 132 valence electrons. The molecule has 7 nitrogen and oxygen atoms in total. The van der Waals surface area contributed by atoms with Crippen molar-refractivity contribution in [3.05, 3.63) is 35.4 Å². The molecule has 0 aliphatic carbocycles. The van der Waals surface area contributed by atoms with Crippen molar-refractivity contribution in [3.8, 4) is 5.75 Å². The van der Waals surface area contributed by atoms with Crippen LogP contribution in [-0.4, -0.2) is 28.7 Å². The van der Waals surface area contributed by atoms with Crippen molar-refractivity contribution in [3.63, 3.8) is 0 Å². The van der Waals surface area contributed by atoms with Gasteiger partial charge in [0, 0.05) is 24.9 Å². The number of ether oxygens (including phenoxy) is 1. The molecule has 0 saturated carbocycles. The average Bonchev–Trinajstić information content (AvgIpc) is 2.89. The number of hydrogen-bond donors (Lipinski definition) is 2. The van der Waals surface area contributed by atoms with Gasteiger partial charge in [0.05, 0.1) is 7.11 Å². The Morgan fingerprint density at radius 2 is 2.12 bits per heavy atom. The highest BCUT2D eigenvalue weighted by Crippen LogP contribution is 2.31. The Morgan fingerprint density at radius 1 is 1.40 bits per heavy atom. The normalized spacial score (nSPS) is 16.1. The van der Waals surface area contributed by atoms with Crippen LogP contribution in [0.3, 0.4) is 0 Å². The Hall–Kier alpha value is -2.83. The van der Waals surface area contributed by atoms with E-state index in [4.69, 9.17) is 4.74 Å². The second-order valence-corrected chi connectivity index (χ2v) is 6.29. The molecular weight excluding hydrogens is 320 g/mol. The molecule has 3 rings (SSSR count). The molecule has 0 radical (unpaired) electrons. The standard InChI is InChI=1S/C18H22N4O3/c1-11-10-14-16(21-22(2)17(14)20-18(11)24)19-15(23)9-6-12-4-7-13(25-3)8-5-12/h4-5,7-8,11H,6,9-10H2,1-3H3,(H,20,24)(H,19,21,23)/t11-/m1/s1. The van der Waals surface area contributed by atoms with Crippen LogP contribution < -0.4 is 15.4 Å². The molecule has 1 atom stereocenters. The molecule has 0 spiro atoms. The van der Waals surface area contributed by atoms with Crippen LogP contribution >= 0.6 is 0 Å². The number of hydrogen-bond acceptors (Lipinski definition) is 4. The zero-order valence-corrected chi connectivity index (χ0v) is 14.6. The van der Waals surface area contributed by atoms with Gasteiger partial charge in [-0.2, -0.15) is 5.10 Å². The first-order valence-corrected chi connectivity index (χ1v) is 8.27. The van der Waals surface area contributed by atoms with Crippen LogP contribution in [0.4, 0.5) is 11.6 Å². The van der Waals surface area contributed by atoms with Crippen molar-refractivity contribution in [2.24, 2.45) is 13.0 Å². The van der Waals surface area contributed by atoms with Crippen LogP contribution in [0.2, 0.25) is 0 Å². The van der Waals surface area contributed by atoms with Crippen molar-refractivity contribution in [1.29, 1.82) is 0 Å². The minimum absolute atomic E-state index is 0.0205. The number of carbonyl (C=O) groups excluding carboxylic acids is 2. The van der Waals surface area contributed by atoms with Crippen LogP contribution in [0.25, 0.3) is 0 Å². The zero-order valence-electron chi connectivity index (χ0n) is 14.6. The molecule has 1 aliphatic heterocycles. The second kappa shape index (κ2) is 6.96. The highest BCUT2D eigenvalue weighted by atomic mass is 16.5. The van der Waals surface area contributed by atoms with E-state index < -0.39 is 0 Å². The van der Waals surface area contributed by atoms with Crippen molar-refractivity contribution < 1.29 is 14.3 Å². The summed E-state index contributed by atoms with van der Waals surface area (Å²) in [6.45, 7) is 1.86. The first kappa shape index (κ1) is 17.0. The number of fused-ring (bicyclic) bond motifs is 1. The number of aromatic nitrogens is 2. The lowest BCUT2D eigenvalue weighted by Crippen LogP contribution is -2.28. The fourth-order valence-electron chi connectivity index (χ4n) is 2.90.